The van der Waals surface area contributed by atoms with Crippen LogP contribution in [0.5, 0.6) is 5.75 Å². The van der Waals surface area contributed by atoms with Crippen molar-refractivity contribution in [3.63, 3.8) is 0 Å². The van der Waals surface area contributed by atoms with Crippen LogP contribution in [0.4, 0.5) is 0 Å². The standard InChI is InChI=1S/C18H19BrN2O6/c1-10-13(19)15(21-14(10)17(23)25-2)16(18(24)26-3)20-12(22)9-27-11-7-5-4-6-8-11/h4-8,16,21H,9H2,1-3H3,(H,20,22). The van der Waals surface area contributed by atoms with Gasteiger partial charge in [-0.1, -0.05) is 18.2 Å². The number of aromatic amines is 1. The SMILES string of the molecule is COC(=O)c1[nH]c(C(NC(=O)COc2ccccc2)C(=O)OC)c(Br)c1C. The monoisotopic (exact) mass is 438 g/mol. The van der Waals surface area contributed by atoms with E-state index >= 15 is 0 Å². The zero-order chi connectivity index (χ0) is 20.0. The van der Waals surface area contributed by atoms with Gasteiger partial charge in [0.15, 0.2) is 12.6 Å². The van der Waals surface area contributed by atoms with Crippen molar-refractivity contribution in [2.24, 2.45) is 0 Å². The first-order chi connectivity index (χ1) is 12.9. The molecular formula is C18H19BrN2O6. The third-order valence-electron chi connectivity index (χ3n) is 3.73. The molecule has 0 radical (unpaired) electrons. The number of para-hydroxylation sites is 1. The zero-order valence-corrected chi connectivity index (χ0v) is 16.6. The van der Waals surface area contributed by atoms with Gasteiger partial charge in [0.25, 0.3) is 5.91 Å². The summed E-state index contributed by atoms with van der Waals surface area (Å²) in [7, 11) is 2.45. The van der Waals surface area contributed by atoms with Gasteiger partial charge in [-0.25, -0.2) is 9.59 Å². The van der Waals surface area contributed by atoms with Gasteiger partial charge in [0.2, 0.25) is 0 Å². The molecule has 1 aromatic heterocycles. The van der Waals surface area contributed by atoms with Crippen LogP contribution >= 0.6 is 15.9 Å². The van der Waals surface area contributed by atoms with E-state index in [1.807, 2.05) is 6.07 Å². The molecule has 0 aliphatic heterocycles. The number of carbonyl (C=O) groups is 3. The van der Waals surface area contributed by atoms with Gasteiger partial charge < -0.3 is 24.5 Å². The van der Waals surface area contributed by atoms with Crippen molar-refractivity contribution in [3.05, 3.63) is 51.8 Å². The Bertz CT molecular complexity index is 834. The number of carbonyl (C=O) groups excluding carboxylic acids is 3. The molecule has 0 saturated heterocycles. The van der Waals surface area contributed by atoms with Gasteiger partial charge in [-0.15, -0.1) is 0 Å². The van der Waals surface area contributed by atoms with Crippen LogP contribution in [0.3, 0.4) is 0 Å². The molecule has 0 bridgehead atoms. The molecule has 0 spiro atoms. The van der Waals surface area contributed by atoms with Crippen LogP contribution in [0.1, 0.15) is 27.8 Å². The fourth-order valence-corrected chi connectivity index (χ4v) is 2.86. The largest absolute Gasteiger partial charge is 0.484 e. The molecule has 1 aromatic carbocycles. The second-order valence-corrected chi connectivity index (χ2v) is 6.26. The van der Waals surface area contributed by atoms with Gasteiger partial charge in [0.05, 0.1) is 19.9 Å². The van der Waals surface area contributed by atoms with Gasteiger partial charge in [0.1, 0.15) is 11.4 Å². The Morgan fingerprint density at radius 1 is 1.15 bits per heavy atom. The summed E-state index contributed by atoms with van der Waals surface area (Å²) in [6, 6.07) is 7.63. The van der Waals surface area contributed by atoms with Crippen molar-refractivity contribution >= 4 is 33.8 Å². The number of hydrogen-bond acceptors (Lipinski definition) is 6. The molecular weight excluding hydrogens is 420 g/mol. The fourth-order valence-electron chi connectivity index (χ4n) is 2.34. The number of ether oxygens (including phenoxy) is 3. The van der Waals surface area contributed by atoms with E-state index < -0.39 is 23.9 Å². The second kappa shape index (κ2) is 9.22. The van der Waals surface area contributed by atoms with Crippen molar-refractivity contribution in [1.29, 1.82) is 0 Å². The van der Waals surface area contributed by atoms with Crippen molar-refractivity contribution in [2.75, 3.05) is 20.8 Å². The average molecular weight is 439 g/mol. The molecule has 0 aliphatic rings. The van der Waals surface area contributed by atoms with Crippen molar-refractivity contribution in [3.8, 4) is 5.75 Å². The highest BCUT2D eigenvalue weighted by Crippen LogP contribution is 2.30. The van der Waals surface area contributed by atoms with Crippen LogP contribution in [0, 0.1) is 6.92 Å². The lowest BCUT2D eigenvalue weighted by Gasteiger charge is -2.16. The van der Waals surface area contributed by atoms with Crippen LogP contribution in [-0.2, 0) is 19.1 Å². The molecule has 1 amide bonds. The summed E-state index contributed by atoms with van der Waals surface area (Å²) in [6.07, 6.45) is 0. The van der Waals surface area contributed by atoms with Crippen LogP contribution in [0.15, 0.2) is 34.8 Å². The van der Waals surface area contributed by atoms with E-state index in [0.29, 0.717) is 15.8 Å². The van der Waals surface area contributed by atoms with E-state index in [2.05, 4.69) is 26.2 Å². The Hall–Kier alpha value is -2.81. The highest BCUT2D eigenvalue weighted by molar-refractivity contribution is 9.10. The quantitative estimate of drug-likeness (QED) is 0.642. The molecule has 0 aliphatic carbocycles. The first-order valence-corrected chi connectivity index (χ1v) is 8.69. The maximum Gasteiger partial charge on any atom is 0.354 e. The van der Waals surface area contributed by atoms with Crippen molar-refractivity contribution in [1.82, 2.24) is 10.3 Å². The Morgan fingerprint density at radius 2 is 1.81 bits per heavy atom. The van der Waals surface area contributed by atoms with Crippen LogP contribution in [0.25, 0.3) is 0 Å². The Labute approximate surface area is 164 Å². The van der Waals surface area contributed by atoms with E-state index in [0.717, 1.165) is 0 Å². The summed E-state index contributed by atoms with van der Waals surface area (Å²) in [5.41, 5.74) is 0.983. The fraction of sp³-hybridized carbons (Fsp3) is 0.278. The number of amides is 1. The van der Waals surface area contributed by atoms with Gasteiger partial charge in [0, 0.05) is 4.47 Å². The highest BCUT2D eigenvalue weighted by Gasteiger charge is 2.30. The summed E-state index contributed by atoms with van der Waals surface area (Å²) in [6.45, 7) is 1.38. The molecule has 2 N–H and O–H groups in total. The zero-order valence-electron chi connectivity index (χ0n) is 15.0. The van der Waals surface area contributed by atoms with E-state index in [-0.39, 0.29) is 18.0 Å². The van der Waals surface area contributed by atoms with E-state index in [4.69, 9.17) is 14.2 Å². The number of rotatable bonds is 7. The van der Waals surface area contributed by atoms with E-state index in [9.17, 15) is 14.4 Å². The number of aromatic nitrogens is 1. The number of methoxy groups -OCH3 is 2. The molecule has 0 fully saturated rings. The molecule has 1 heterocycles. The maximum atomic E-state index is 12.2. The first-order valence-electron chi connectivity index (χ1n) is 7.90. The average Bonchev–Trinajstić information content (AvgIpc) is 2.99. The van der Waals surface area contributed by atoms with Gasteiger partial charge in [-0.05, 0) is 40.5 Å². The molecule has 8 nitrogen and oxygen atoms in total. The van der Waals surface area contributed by atoms with Crippen molar-refractivity contribution in [2.45, 2.75) is 13.0 Å². The minimum Gasteiger partial charge on any atom is -0.484 e. The Balaban J connectivity index is 2.19. The summed E-state index contributed by atoms with van der Waals surface area (Å²) < 4.78 is 15.3. The molecule has 9 heteroatoms. The number of hydrogen-bond donors (Lipinski definition) is 2. The highest BCUT2D eigenvalue weighted by atomic mass is 79.9. The number of halogens is 1. The third-order valence-corrected chi connectivity index (χ3v) is 4.76. The van der Waals surface area contributed by atoms with Gasteiger partial charge in [-0.2, -0.15) is 0 Å². The Morgan fingerprint density at radius 3 is 2.41 bits per heavy atom. The van der Waals surface area contributed by atoms with Crippen molar-refractivity contribution < 1.29 is 28.6 Å². The van der Waals surface area contributed by atoms with Crippen LogP contribution < -0.4 is 10.1 Å². The summed E-state index contributed by atoms with van der Waals surface area (Å²) in [5.74, 6) is -1.32. The predicted octanol–water partition coefficient (Wildman–Crippen LogP) is 2.28. The number of esters is 2. The van der Waals surface area contributed by atoms with E-state index in [1.54, 1.807) is 31.2 Å². The predicted molar refractivity (Wildman–Crippen MR) is 99.4 cm³/mol. The lowest BCUT2D eigenvalue weighted by Crippen LogP contribution is -2.37. The van der Waals surface area contributed by atoms with Gasteiger partial charge >= 0.3 is 11.9 Å². The first kappa shape index (κ1) is 20.5. The maximum absolute atomic E-state index is 12.2. The summed E-state index contributed by atoms with van der Waals surface area (Å²) in [5, 5.41) is 2.54. The lowest BCUT2D eigenvalue weighted by molar-refractivity contribution is -0.145. The van der Waals surface area contributed by atoms with Crippen LogP contribution in [0.2, 0.25) is 0 Å². The second-order valence-electron chi connectivity index (χ2n) is 5.47. The summed E-state index contributed by atoms with van der Waals surface area (Å²) >= 11 is 3.33. The molecule has 27 heavy (non-hydrogen) atoms. The third kappa shape index (κ3) is 4.88. The van der Waals surface area contributed by atoms with Crippen LogP contribution in [-0.4, -0.2) is 43.7 Å². The van der Waals surface area contributed by atoms with Gasteiger partial charge in [-0.3, -0.25) is 4.79 Å². The number of nitrogens with one attached hydrogen (secondary N) is 2. The minimum atomic E-state index is -1.16. The molecule has 2 rings (SSSR count). The molecule has 2 aromatic rings. The molecule has 1 unspecified atom stereocenters. The topological polar surface area (TPSA) is 107 Å². The van der Waals surface area contributed by atoms with E-state index in [1.165, 1.54) is 14.2 Å². The smallest absolute Gasteiger partial charge is 0.354 e. The number of benzene rings is 1. The molecule has 0 saturated carbocycles. The Kier molecular flexibility index (Phi) is 7.00. The normalized spacial score (nSPS) is 11.4. The molecule has 1 atom stereocenters. The summed E-state index contributed by atoms with van der Waals surface area (Å²) in [4.78, 5) is 39.1. The molecule has 144 valence electrons. The minimum absolute atomic E-state index is 0.170. The lowest BCUT2D eigenvalue weighted by atomic mass is 10.2. The number of H-pyrrole nitrogens is 1.